The lowest BCUT2D eigenvalue weighted by molar-refractivity contribution is 0.0615. The quantitative estimate of drug-likeness (QED) is 0.716. The van der Waals surface area contributed by atoms with Crippen molar-refractivity contribution in [2.24, 2.45) is 0 Å². The monoisotopic (exact) mass is 317 g/mol. The van der Waals surface area contributed by atoms with Crippen LogP contribution in [-0.2, 0) is 4.74 Å². The summed E-state index contributed by atoms with van der Waals surface area (Å²) in [6, 6.07) is 4.76. The fourth-order valence-corrected chi connectivity index (χ4v) is 1.96. The molecule has 1 unspecified atom stereocenters. The zero-order chi connectivity index (χ0) is 13.5. The van der Waals surface area contributed by atoms with Gasteiger partial charge in [0.05, 0.1) is 18.3 Å². The lowest BCUT2D eigenvalue weighted by atomic mass is 10.2. The van der Waals surface area contributed by atoms with Gasteiger partial charge >= 0.3 is 5.97 Å². The highest BCUT2D eigenvalue weighted by Gasteiger charge is 2.07. The third kappa shape index (κ3) is 4.64. The molecule has 18 heavy (non-hydrogen) atoms. The van der Waals surface area contributed by atoms with Gasteiger partial charge in [-0.1, -0.05) is 0 Å². The lowest BCUT2D eigenvalue weighted by Crippen LogP contribution is -2.18. The molecule has 5 nitrogen and oxygen atoms in total. The average molecular weight is 318 g/mol. The molecular formula is C12H16BrNO4. The van der Waals surface area contributed by atoms with Crippen molar-refractivity contribution in [1.82, 2.24) is 0 Å². The number of ether oxygens (including phenoxy) is 1. The topological polar surface area (TPSA) is 78.8 Å². The summed E-state index contributed by atoms with van der Waals surface area (Å²) in [4.78, 5) is 10.8. The van der Waals surface area contributed by atoms with E-state index in [1.807, 2.05) is 0 Å². The molecule has 0 fully saturated rings. The molecule has 0 aromatic heterocycles. The van der Waals surface area contributed by atoms with Crippen LogP contribution < -0.4 is 5.32 Å². The van der Waals surface area contributed by atoms with Crippen molar-refractivity contribution in [2.45, 2.75) is 12.5 Å². The second-order valence-corrected chi connectivity index (χ2v) is 4.68. The predicted octanol–water partition coefficient (Wildman–Crippen LogP) is 1.96. The molecule has 0 amide bonds. The maximum atomic E-state index is 10.8. The molecular weight excluding hydrogens is 302 g/mol. The molecule has 1 aromatic rings. The molecule has 3 N–H and O–H groups in total. The molecule has 1 atom stereocenters. The van der Waals surface area contributed by atoms with E-state index < -0.39 is 12.1 Å². The van der Waals surface area contributed by atoms with Crippen LogP contribution in [0.3, 0.4) is 0 Å². The SMILES string of the molecule is COCC(O)CCNc1ccc(C(=O)O)cc1Br. The maximum Gasteiger partial charge on any atom is 0.335 e. The number of halogens is 1. The molecule has 0 bridgehead atoms. The first-order chi connectivity index (χ1) is 8.54. The number of hydrogen-bond donors (Lipinski definition) is 3. The number of nitrogens with one attached hydrogen (secondary N) is 1. The highest BCUT2D eigenvalue weighted by molar-refractivity contribution is 9.10. The Morgan fingerprint density at radius 2 is 2.28 bits per heavy atom. The van der Waals surface area contributed by atoms with E-state index in [0.717, 1.165) is 5.69 Å². The number of aromatic carboxylic acids is 1. The van der Waals surface area contributed by atoms with E-state index in [1.165, 1.54) is 19.2 Å². The minimum absolute atomic E-state index is 0.229. The third-order valence-electron chi connectivity index (χ3n) is 2.37. The Kier molecular flexibility index (Phi) is 6.11. The zero-order valence-electron chi connectivity index (χ0n) is 10.0. The number of aliphatic hydroxyl groups is 1. The number of rotatable bonds is 7. The summed E-state index contributed by atoms with van der Waals surface area (Å²) in [5.41, 5.74) is 1.02. The predicted molar refractivity (Wildman–Crippen MR) is 72.1 cm³/mol. The van der Waals surface area contributed by atoms with E-state index in [0.29, 0.717) is 24.0 Å². The van der Waals surface area contributed by atoms with Crippen LogP contribution in [0.5, 0.6) is 0 Å². The van der Waals surface area contributed by atoms with Crippen molar-refractivity contribution in [3.05, 3.63) is 28.2 Å². The summed E-state index contributed by atoms with van der Waals surface area (Å²) in [6.45, 7) is 0.885. The van der Waals surface area contributed by atoms with Crippen molar-refractivity contribution < 1.29 is 19.7 Å². The molecule has 0 aliphatic rings. The Morgan fingerprint density at radius 3 is 2.83 bits per heavy atom. The van der Waals surface area contributed by atoms with Gasteiger partial charge in [-0.2, -0.15) is 0 Å². The second-order valence-electron chi connectivity index (χ2n) is 3.82. The normalized spacial score (nSPS) is 12.2. The van der Waals surface area contributed by atoms with Gasteiger partial charge in [-0.05, 0) is 40.5 Å². The van der Waals surface area contributed by atoms with Crippen molar-refractivity contribution in [1.29, 1.82) is 0 Å². The van der Waals surface area contributed by atoms with Gasteiger partial charge in [-0.15, -0.1) is 0 Å². The molecule has 0 saturated carbocycles. The zero-order valence-corrected chi connectivity index (χ0v) is 11.6. The number of carboxylic acids is 1. The summed E-state index contributed by atoms with van der Waals surface area (Å²) in [5, 5.41) is 21.4. The number of hydrogen-bond acceptors (Lipinski definition) is 4. The minimum atomic E-state index is -0.960. The van der Waals surface area contributed by atoms with E-state index in [2.05, 4.69) is 21.2 Å². The first-order valence-corrected chi connectivity index (χ1v) is 6.27. The van der Waals surface area contributed by atoms with Crippen LogP contribution >= 0.6 is 15.9 Å². The molecule has 0 spiro atoms. The molecule has 0 aliphatic heterocycles. The summed E-state index contributed by atoms with van der Waals surface area (Å²) >= 11 is 3.30. The number of methoxy groups -OCH3 is 1. The molecule has 0 heterocycles. The number of benzene rings is 1. The smallest absolute Gasteiger partial charge is 0.335 e. The fraction of sp³-hybridized carbons (Fsp3) is 0.417. The second kappa shape index (κ2) is 7.35. The van der Waals surface area contributed by atoms with Gasteiger partial charge in [0.2, 0.25) is 0 Å². The summed E-state index contributed by atoms with van der Waals surface area (Å²) < 4.78 is 5.50. The van der Waals surface area contributed by atoms with Gasteiger partial charge in [-0.25, -0.2) is 4.79 Å². The van der Waals surface area contributed by atoms with Crippen LogP contribution in [0.4, 0.5) is 5.69 Å². The minimum Gasteiger partial charge on any atom is -0.478 e. The van der Waals surface area contributed by atoms with E-state index >= 15 is 0 Å². The Balaban J connectivity index is 2.50. The Hall–Kier alpha value is -1.11. The Labute approximate surface area is 114 Å². The first kappa shape index (κ1) is 14.9. The van der Waals surface area contributed by atoms with Crippen LogP contribution in [0.15, 0.2) is 22.7 Å². The average Bonchev–Trinajstić information content (AvgIpc) is 2.31. The van der Waals surface area contributed by atoms with Gasteiger partial charge in [0.1, 0.15) is 0 Å². The molecule has 0 saturated heterocycles. The summed E-state index contributed by atoms with van der Waals surface area (Å²) in [5.74, 6) is -0.960. The van der Waals surface area contributed by atoms with Gasteiger partial charge < -0.3 is 20.3 Å². The van der Waals surface area contributed by atoms with Gasteiger partial charge in [0, 0.05) is 23.8 Å². The Bertz CT molecular complexity index is 411. The maximum absolute atomic E-state index is 10.8. The molecule has 0 aliphatic carbocycles. The fourth-order valence-electron chi connectivity index (χ4n) is 1.44. The molecule has 6 heteroatoms. The van der Waals surface area contributed by atoms with Crippen LogP contribution in [0, 0.1) is 0 Å². The molecule has 100 valence electrons. The van der Waals surface area contributed by atoms with Crippen LogP contribution in [0.1, 0.15) is 16.8 Å². The highest BCUT2D eigenvalue weighted by atomic mass is 79.9. The summed E-state index contributed by atoms with van der Waals surface area (Å²) in [7, 11) is 1.54. The van der Waals surface area contributed by atoms with Crippen LogP contribution in [0.25, 0.3) is 0 Å². The van der Waals surface area contributed by atoms with Gasteiger partial charge in [-0.3, -0.25) is 0 Å². The van der Waals surface area contributed by atoms with Crippen molar-refractivity contribution in [3.8, 4) is 0 Å². The molecule has 1 rings (SSSR count). The number of aliphatic hydroxyl groups excluding tert-OH is 1. The van der Waals surface area contributed by atoms with Crippen LogP contribution in [-0.4, -0.2) is 42.5 Å². The molecule has 0 radical (unpaired) electrons. The highest BCUT2D eigenvalue weighted by Crippen LogP contribution is 2.23. The van der Waals surface area contributed by atoms with E-state index in [1.54, 1.807) is 6.07 Å². The summed E-state index contributed by atoms with van der Waals surface area (Å²) in [6.07, 6.45) is 0.0561. The van der Waals surface area contributed by atoms with Crippen molar-refractivity contribution >= 4 is 27.6 Å². The van der Waals surface area contributed by atoms with Crippen molar-refractivity contribution in [3.63, 3.8) is 0 Å². The van der Waals surface area contributed by atoms with E-state index in [9.17, 15) is 9.90 Å². The van der Waals surface area contributed by atoms with Gasteiger partial charge in [0.25, 0.3) is 0 Å². The van der Waals surface area contributed by atoms with Crippen LogP contribution in [0.2, 0.25) is 0 Å². The number of carboxylic acid groups (broad SMARTS) is 1. The lowest BCUT2D eigenvalue weighted by Gasteiger charge is -2.12. The van der Waals surface area contributed by atoms with Crippen molar-refractivity contribution in [2.75, 3.05) is 25.6 Å². The molecule has 1 aromatic carbocycles. The Morgan fingerprint density at radius 1 is 1.56 bits per heavy atom. The number of carbonyl (C=O) groups is 1. The van der Waals surface area contributed by atoms with Gasteiger partial charge in [0.15, 0.2) is 0 Å². The van der Waals surface area contributed by atoms with E-state index in [-0.39, 0.29) is 5.56 Å². The largest absolute Gasteiger partial charge is 0.478 e. The standard InChI is InChI=1S/C12H16BrNO4/c1-18-7-9(15)4-5-14-11-3-2-8(12(16)17)6-10(11)13/h2-3,6,9,14-15H,4-5,7H2,1H3,(H,16,17). The van der Waals surface area contributed by atoms with E-state index in [4.69, 9.17) is 9.84 Å². The first-order valence-electron chi connectivity index (χ1n) is 5.48. The third-order valence-corrected chi connectivity index (χ3v) is 3.02. The number of anilines is 1.